The second-order valence-electron chi connectivity index (χ2n) is 2.95. The predicted octanol–water partition coefficient (Wildman–Crippen LogP) is 1.80. The molecule has 0 aliphatic rings. The number of rotatable bonds is 5. The third-order valence-electron chi connectivity index (χ3n) is 1.83. The maximum absolute atomic E-state index is 11.5. The number of hydrogen-bond donors (Lipinski definition) is 1. The van der Waals surface area contributed by atoms with Crippen LogP contribution in [0.4, 0.5) is 0 Å². The average molecular weight is 263 g/mol. The fraction of sp³-hybridized carbons (Fsp3) is 0.300. The minimum absolute atomic E-state index is 0.0911. The van der Waals surface area contributed by atoms with Crippen LogP contribution in [0.25, 0.3) is 0 Å². The molecule has 1 atom stereocenters. The van der Waals surface area contributed by atoms with Crippen LogP contribution in [-0.2, 0) is 21.6 Å². The molecule has 0 aromatic heterocycles. The summed E-state index contributed by atoms with van der Waals surface area (Å²) >= 11 is 3.41. The van der Waals surface area contributed by atoms with Crippen molar-refractivity contribution in [2.75, 3.05) is 12.5 Å². The summed E-state index contributed by atoms with van der Waals surface area (Å²) in [5.74, 6) is -0.395. The lowest BCUT2D eigenvalue weighted by Gasteiger charge is -2.07. The van der Waals surface area contributed by atoms with Crippen LogP contribution in [0.2, 0.25) is 0 Å². The van der Waals surface area contributed by atoms with E-state index in [1.807, 2.05) is 0 Å². The topological polar surface area (TPSA) is 63.6 Å². The lowest BCUT2D eigenvalue weighted by molar-refractivity contribution is 0.0528. The predicted molar refractivity (Wildman–Crippen MR) is 61.9 cm³/mol. The molecule has 4 nitrogen and oxygen atoms in total. The molecule has 1 rings (SSSR count). The Bertz CT molecular complexity index is 394. The summed E-state index contributed by atoms with van der Waals surface area (Å²) in [6.07, 6.45) is 0. The van der Waals surface area contributed by atoms with Crippen molar-refractivity contribution in [1.82, 2.24) is 0 Å². The van der Waals surface area contributed by atoms with Crippen molar-refractivity contribution in [2.45, 2.75) is 5.75 Å². The summed E-state index contributed by atoms with van der Waals surface area (Å²) in [7, 11) is 0. The summed E-state index contributed by atoms with van der Waals surface area (Å²) in [6.45, 7) is 0.122. The van der Waals surface area contributed by atoms with E-state index in [-0.39, 0.29) is 18.2 Å². The maximum atomic E-state index is 11.5. The van der Waals surface area contributed by atoms with Gasteiger partial charge in [-0.1, -0.05) is 18.2 Å². The quantitative estimate of drug-likeness (QED) is 0.499. The number of carbonyl (C=O) groups excluding carboxylic acids is 1. The highest BCUT2D eigenvalue weighted by atomic mass is 35.5. The molecule has 88 valence electrons. The highest BCUT2D eigenvalue weighted by molar-refractivity contribution is 7.78. The Morgan fingerprint density at radius 3 is 2.75 bits per heavy atom. The summed E-state index contributed by atoms with van der Waals surface area (Å²) < 4.78 is 24.3. The van der Waals surface area contributed by atoms with E-state index >= 15 is 0 Å². The zero-order valence-electron chi connectivity index (χ0n) is 8.39. The third kappa shape index (κ3) is 3.92. The highest BCUT2D eigenvalue weighted by Crippen LogP contribution is 2.12. The van der Waals surface area contributed by atoms with Crippen molar-refractivity contribution in [3.05, 3.63) is 35.4 Å². The molecule has 0 bridgehead atoms. The molecule has 6 heteroatoms. The smallest absolute Gasteiger partial charge is 0.338 e. The Morgan fingerprint density at radius 2 is 2.12 bits per heavy atom. The standard InChI is InChI=1S/C10H11ClO4S/c11-5-6-15-10(12)9-4-2-1-3-8(9)7-16(13)14/h1-4H,5-7H2,(H,13,14). The normalized spacial score (nSPS) is 12.1. The van der Waals surface area contributed by atoms with Crippen LogP contribution in [0.5, 0.6) is 0 Å². The van der Waals surface area contributed by atoms with E-state index in [4.69, 9.17) is 20.9 Å². The van der Waals surface area contributed by atoms with E-state index in [0.717, 1.165) is 0 Å². The van der Waals surface area contributed by atoms with Gasteiger partial charge in [0, 0.05) is 0 Å². The van der Waals surface area contributed by atoms with E-state index in [0.29, 0.717) is 11.1 Å². The second-order valence-corrected chi connectivity index (χ2v) is 4.26. The van der Waals surface area contributed by atoms with Crippen molar-refractivity contribution in [2.24, 2.45) is 0 Å². The first-order valence-electron chi connectivity index (χ1n) is 4.53. The molecule has 16 heavy (non-hydrogen) atoms. The molecular weight excluding hydrogens is 252 g/mol. The van der Waals surface area contributed by atoms with Crippen LogP contribution in [-0.4, -0.2) is 27.2 Å². The molecule has 1 N–H and O–H groups in total. The molecule has 0 spiro atoms. The zero-order chi connectivity index (χ0) is 12.0. The molecule has 0 saturated heterocycles. The van der Waals surface area contributed by atoms with E-state index in [1.165, 1.54) is 0 Å². The number of esters is 1. The van der Waals surface area contributed by atoms with Crippen molar-refractivity contribution < 1.29 is 18.3 Å². The number of carbonyl (C=O) groups is 1. The van der Waals surface area contributed by atoms with Crippen LogP contribution in [0.1, 0.15) is 15.9 Å². The van der Waals surface area contributed by atoms with Gasteiger partial charge >= 0.3 is 5.97 Å². The third-order valence-corrected chi connectivity index (χ3v) is 2.54. The monoisotopic (exact) mass is 262 g/mol. The lowest BCUT2D eigenvalue weighted by atomic mass is 10.1. The van der Waals surface area contributed by atoms with Gasteiger partial charge in [-0.25, -0.2) is 9.00 Å². The van der Waals surface area contributed by atoms with E-state index in [1.54, 1.807) is 24.3 Å². The first-order valence-corrected chi connectivity index (χ1v) is 6.34. The first-order chi connectivity index (χ1) is 7.65. The number of alkyl halides is 1. The van der Waals surface area contributed by atoms with Crippen molar-refractivity contribution >= 4 is 28.7 Å². The van der Waals surface area contributed by atoms with Crippen LogP contribution in [0.15, 0.2) is 24.3 Å². The molecule has 1 aromatic rings. The summed E-state index contributed by atoms with van der Waals surface area (Å²) in [5, 5.41) is 0. The van der Waals surface area contributed by atoms with Gasteiger partial charge in [0.2, 0.25) is 0 Å². The van der Waals surface area contributed by atoms with Crippen molar-refractivity contribution in [1.29, 1.82) is 0 Å². The molecule has 0 saturated carbocycles. The molecule has 0 aliphatic carbocycles. The largest absolute Gasteiger partial charge is 0.461 e. The Labute approximate surface area is 101 Å². The van der Waals surface area contributed by atoms with E-state index in [9.17, 15) is 9.00 Å². The summed E-state index contributed by atoms with van der Waals surface area (Å²) in [4.78, 5) is 11.5. The number of hydrogen-bond acceptors (Lipinski definition) is 3. The SMILES string of the molecule is O=C(OCCCl)c1ccccc1CS(=O)O. The zero-order valence-corrected chi connectivity index (χ0v) is 9.96. The van der Waals surface area contributed by atoms with Gasteiger partial charge in [0.05, 0.1) is 17.2 Å². The fourth-order valence-electron chi connectivity index (χ4n) is 1.19. The van der Waals surface area contributed by atoms with Gasteiger partial charge in [-0.15, -0.1) is 11.6 Å². The number of benzene rings is 1. The number of halogens is 1. The van der Waals surface area contributed by atoms with Crippen LogP contribution >= 0.6 is 11.6 Å². The highest BCUT2D eigenvalue weighted by Gasteiger charge is 2.13. The first kappa shape index (κ1) is 13.2. The Kier molecular flexibility index (Phi) is 5.45. The van der Waals surface area contributed by atoms with E-state index < -0.39 is 17.0 Å². The van der Waals surface area contributed by atoms with Gasteiger partial charge in [0.1, 0.15) is 6.61 Å². The molecule has 1 aromatic carbocycles. The summed E-state index contributed by atoms with van der Waals surface area (Å²) in [5.41, 5.74) is 0.790. The van der Waals surface area contributed by atoms with Gasteiger partial charge in [-0.3, -0.25) is 0 Å². The Hall–Kier alpha value is -0.910. The molecule has 0 amide bonds. The van der Waals surface area contributed by atoms with Crippen molar-refractivity contribution in [3.63, 3.8) is 0 Å². The molecule has 0 radical (unpaired) electrons. The summed E-state index contributed by atoms with van der Waals surface area (Å²) in [6, 6.07) is 6.53. The number of ether oxygens (including phenoxy) is 1. The van der Waals surface area contributed by atoms with Crippen LogP contribution < -0.4 is 0 Å². The minimum Gasteiger partial charge on any atom is -0.461 e. The Morgan fingerprint density at radius 1 is 1.44 bits per heavy atom. The minimum atomic E-state index is -1.98. The van der Waals surface area contributed by atoms with Gasteiger partial charge in [0.15, 0.2) is 11.1 Å². The molecule has 0 heterocycles. The average Bonchev–Trinajstić information content (AvgIpc) is 2.26. The van der Waals surface area contributed by atoms with Crippen LogP contribution in [0, 0.1) is 0 Å². The second kappa shape index (κ2) is 6.62. The lowest BCUT2D eigenvalue weighted by Crippen LogP contribution is -2.10. The van der Waals surface area contributed by atoms with Gasteiger partial charge in [-0.05, 0) is 11.6 Å². The molecule has 0 fully saturated rings. The molecule has 0 aliphatic heterocycles. The van der Waals surface area contributed by atoms with Crippen molar-refractivity contribution in [3.8, 4) is 0 Å². The maximum Gasteiger partial charge on any atom is 0.338 e. The molecular formula is C10H11ClO4S. The Balaban J connectivity index is 2.85. The van der Waals surface area contributed by atoms with E-state index in [2.05, 4.69) is 0 Å². The fourth-order valence-corrected chi connectivity index (χ4v) is 1.78. The van der Waals surface area contributed by atoms with Crippen LogP contribution in [0.3, 0.4) is 0 Å². The van der Waals surface area contributed by atoms with Gasteiger partial charge in [-0.2, -0.15) is 0 Å². The van der Waals surface area contributed by atoms with Gasteiger partial charge < -0.3 is 9.29 Å². The van der Waals surface area contributed by atoms with Gasteiger partial charge in [0.25, 0.3) is 0 Å². The molecule has 1 unspecified atom stereocenters.